The molecule has 0 bridgehead atoms. The monoisotopic (exact) mass is 464 g/mol. The second-order valence-corrected chi connectivity index (χ2v) is 8.48. The van der Waals surface area contributed by atoms with Crippen molar-refractivity contribution in [2.24, 2.45) is 0 Å². The van der Waals surface area contributed by atoms with Crippen LogP contribution in [0.3, 0.4) is 0 Å². The molecule has 4 rings (SSSR count). The zero-order valence-electron chi connectivity index (χ0n) is 19.2. The Labute approximate surface area is 198 Å². The molecule has 1 heterocycles. The van der Waals surface area contributed by atoms with Crippen LogP contribution in [0.5, 0.6) is 5.75 Å². The van der Waals surface area contributed by atoms with Crippen LogP contribution in [0.1, 0.15) is 75.7 Å². The molecule has 2 aromatic rings. The van der Waals surface area contributed by atoms with Crippen molar-refractivity contribution in [1.82, 2.24) is 10.2 Å². The number of carbonyl (C=O) groups is 4. The number of ether oxygens (including phenoxy) is 2. The first-order valence-electron chi connectivity index (χ1n) is 11.7. The van der Waals surface area contributed by atoms with E-state index < -0.39 is 5.97 Å². The summed E-state index contributed by atoms with van der Waals surface area (Å²) in [5, 5.41) is 2.91. The third-order valence-electron chi connectivity index (χ3n) is 6.09. The number of hydrogen-bond donors (Lipinski definition) is 1. The summed E-state index contributed by atoms with van der Waals surface area (Å²) < 4.78 is 10.8. The van der Waals surface area contributed by atoms with Gasteiger partial charge < -0.3 is 14.8 Å². The molecule has 0 radical (unpaired) electrons. The molecule has 2 aromatic carbocycles. The highest BCUT2D eigenvalue weighted by molar-refractivity contribution is 6.21. The Morgan fingerprint density at radius 2 is 1.68 bits per heavy atom. The maximum absolute atomic E-state index is 12.8. The largest absolute Gasteiger partial charge is 0.493 e. The molecule has 0 aromatic heterocycles. The topological polar surface area (TPSA) is 102 Å². The van der Waals surface area contributed by atoms with Crippen molar-refractivity contribution in [2.45, 2.75) is 51.6 Å². The van der Waals surface area contributed by atoms with Gasteiger partial charge in [-0.05, 0) is 49.6 Å². The molecule has 0 unspecified atom stereocenters. The average molecular weight is 465 g/mol. The average Bonchev–Trinajstić information content (AvgIpc) is 3.09. The Kier molecular flexibility index (Phi) is 7.25. The summed E-state index contributed by atoms with van der Waals surface area (Å²) in [5.74, 6) is -1.48. The van der Waals surface area contributed by atoms with E-state index in [1.807, 2.05) is 0 Å². The van der Waals surface area contributed by atoms with E-state index in [0.29, 0.717) is 29.0 Å². The van der Waals surface area contributed by atoms with Gasteiger partial charge >= 0.3 is 5.97 Å². The molecule has 1 fully saturated rings. The summed E-state index contributed by atoms with van der Waals surface area (Å²) >= 11 is 0. The van der Waals surface area contributed by atoms with E-state index in [9.17, 15) is 19.2 Å². The van der Waals surface area contributed by atoms with E-state index in [4.69, 9.17) is 9.47 Å². The Bertz CT molecular complexity index is 1070. The molecule has 8 nitrogen and oxygen atoms in total. The third kappa shape index (κ3) is 5.11. The molecule has 178 valence electrons. The SMILES string of the molecule is CCOc1ccc(CN2C(=O)c3ccccc3C2=O)cc1C(=O)OCC(=O)NC1CCCCC1. The minimum atomic E-state index is -0.702. The summed E-state index contributed by atoms with van der Waals surface area (Å²) in [6.07, 6.45) is 5.23. The molecule has 1 N–H and O–H groups in total. The minimum Gasteiger partial charge on any atom is -0.493 e. The lowest BCUT2D eigenvalue weighted by molar-refractivity contribution is -0.125. The summed E-state index contributed by atoms with van der Waals surface area (Å²) in [4.78, 5) is 51.6. The number of esters is 1. The molecule has 0 saturated heterocycles. The first-order valence-corrected chi connectivity index (χ1v) is 11.7. The minimum absolute atomic E-state index is 0.00119. The van der Waals surface area contributed by atoms with Gasteiger partial charge in [0.25, 0.3) is 17.7 Å². The highest BCUT2D eigenvalue weighted by Crippen LogP contribution is 2.27. The molecular formula is C26H28N2O6. The van der Waals surface area contributed by atoms with Crippen molar-refractivity contribution in [3.63, 3.8) is 0 Å². The standard InChI is InChI=1S/C26H28N2O6/c1-2-33-22-13-12-17(15-28-24(30)19-10-6-7-11-20(19)25(28)31)14-21(22)26(32)34-16-23(29)27-18-8-4-3-5-9-18/h6-7,10-14,18H,2-5,8-9,15-16H2,1H3,(H,27,29). The van der Waals surface area contributed by atoms with Gasteiger partial charge in [0.05, 0.1) is 24.3 Å². The second-order valence-electron chi connectivity index (χ2n) is 8.48. The highest BCUT2D eigenvalue weighted by atomic mass is 16.5. The Morgan fingerprint density at radius 1 is 1.00 bits per heavy atom. The van der Waals surface area contributed by atoms with Gasteiger partial charge in [0.1, 0.15) is 11.3 Å². The summed E-state index contributed by atoms with van der Waals surface area (Å²) in [6.45, 7) is 1.74. The van der Waals surface area contributed by atoms with Crippen LogP contribution in [-0.4, -0.2) is 47.8 Å². The van der Waals surface area contributed by atoms with Gasteiger partial charge in [-0.15, -0.1) is 0 Å². The van der Waals surface area contributed by atoms with Crippen molar-refractivity contribution >= 4 is 23.7 Å². The molecular weight excluding hydrogens is 436 g/mol. The highest BCUT2D eigenvalue weighted by Gasteiger charge is 2.35. The lowest BCUT2D eigenvalue weighted by atomic mass is 9.95. The van der Waals surface area contributed by atoms with Gasteiger partial charge in [0.2, 0.25) is 0 Å². The van der Waals surface area contributed by atoms with Crippen LogP contribution < -0.4 is 10.1 Å². The van der Waals surface area contributed by atoms with Gasteiger partial charge in [-0.2, -0.15) is 0 Å². The van der Waals surface area contributed by atoms with Crippen LogP contribution >= 0.6 is 0 Å². The van der Waals surface area contributed by atoms with Crippen LogP contribution in [0.4, 0.5) is 0 Å². The summed E-state index contributed by atoms with van der Waals surface area (Å²) in [7, 11) is 0. The maximum Gasteiger partial charge on any atom is 0.342 e. The number of rotatable bonds is 8. The molecule has 3 amide bonds. The molecule has 1 aliphatic heterocycles. The van der Waals surface area contributed by atoms with Crippen molar-refractivity contribution in [2.75, 3.05) is 13.2 Å². The number of nitrogens with zero attached hydrogens (tertiary/aromatic N) is 1. The van der Waals surface area contributed by atoms with Gasteiger partial charge in [-0.1, -0.05) is 37.5 Å². The number of nitrogens with one attached hydrogen (secondary N) is 1. The fourth-order valence-electron chi connectivity index (χ4n) is 4.41. The van der Waals surface area contributed by atoms with Crippen LogP contribution in [0.25, 0.3) is 0 Å². The van der Waals surface area contributed by atoms with Crippen molar-refractivity contribution in [1.29, 1.82) is 0 Å². The number of hydrogen-bond acceptors (Lipinski definition) is 6. The lowest BCUT2D eigenvalue weighted by Gasteiger charge is -2.22. The molecule has 34 heavy (non-hydrogen) atoms. The van der Waals surface area contributed by atoms with E-state index in [0.717, 1.165) is 30.6 Å². The predicted octanol–water partition coefficient (Wildman–Crippen LogP) is 3.49. The van der Waals surface area contributed by atoms with Crippen molar-refractivity contribution in [3.05, 3.63) is 64.7 Å². The molecule has 2 aliphatic rings. The Hall–Kier alpha value is -3.68. The number of carbonyl (C=O) groups excluding carboxylic acids is 4. The summed E-state index contributed by atoms with van der Waals surface area (Å²) in [6, 6.07) is 11.6. The predicted molar refractivity (Wildman–Crippen MR) is 124 cm³/mol. The van der Waals surface area contributed by atoms with Gasteiger partial charge in [0.15, 0.2) is 6.61 Å². The molecule has 1 saturated carbocycles. The van der Waals surface area contributed by atoms with E-state index in [1.54, 1.807) is 43.3 Å². The van der Waals surface area contributed by atoms with Crippen LogP contribution in [0.15, 0.2) is 42.5 Å². The van der Waals surface area contributed by atoms with Crippen molar-refractivity contribution in [3.8, 4) is 5.75 Å². The molecule has 0 atom stereocenters. The van der Waals surface area contributed by atoms with Crippen LogP contribution in [-0.2, 0) is 16.1 Å². The van der Waals surface area contributed by atoms with E-state index in [-0.39, 0.29) is 42.5 Å². The number of benzene rings is 2. The van der Waals surface area contributed by atoms with E-state index in [2.05, 4.69) is 5.32 Å². The van der Waals surface area contributed by atoms with Gasteiger partial charge in [0, 0.05) is 6.04 Å². The fourth-order valence-corrected chi connectivity index (χ4v) is 4.41. The van der Waals surface area contributed by atoms with Gasteiger partial charge in [-0.25, -0.2) is 4.79 Å². The molecule has 8 heteroatoms. The zero-order chi connectivity index (χ0) is 24.1. The van der Waals surface area contributed by atoms with Crippen LogP contribution in [0, 0.1) is 0 Å². The second kappa shape index (κ2) is 10.5. The third-order valence-corrected chi connectivity index (χ3v) is 6.09. The number of amides is 3. The van der Waals surface area contributed by atoms with Crippen LogP contribution in [0.2, 0.25) is 0 Å². The normalized spacial score (nSPS) is 15.7. The summed E-state index contributed by atoms with van der Waals surface area (Å²) in [5.41, 5.74) is 1.43. The Morgan fingerprint density at radius 3 is 2.32 bits per heavy atom. The Balaban J connectivity index is 1.44. The molecule has 0 spiro atoms. The van der Waals surface area contributed by atoms with E-state index >= 15 is 0 Å². The number of imide groups is 1. The van der Waals surface area contributed by atoms with Crippen molar-refractivity contribution < 1.29 is 28.7 Å². The number of fused-ring (bicyclic) bond motifs is 1. The maximum atomic E-state index is 12.8. The quantitative estimate of drug-likeness (QED) is 0.474. The first-order chi connectivity index (χ1) is 16.5. The fraction of sp³-hybridized carbons (Fsp3) is 0.385. The molecule has 1 aliphatic carbocycles. The zero-order valence-corrected chi connectivity index (χ0v) is 19.2. The lowest BCUT2D eigenvalue weighted by Crippen LogP contribution is -2.38. The smallest absolute Gasteiger partial charge is 0.342 e. The first kappa shape index (κ1) is 23.5. The van der Waals surface area contributed by atoms with E-state index in [1.165, 1.54) is 12.5 Å². The van der Waals surface area contributed by atoms with Gasteiger partial charge in [-0.3, -0.25) is 19.3 Å².